The second-order valence-corrected chi connectivity index (χ2v) is 4.73. The number of hydrogen-bond donors (Lipinski definition) is 0. The highest BCUT2D eigenvalue weighted by molar-refractivity contribution is 4.90. The van der Waals surface area contributed by atoms with Crippen LogP contribution < -0.4 is 0 Å². The minimum atomic E-state index is 0.786. The summed E-state index contributed by atoms with van der Waals surface area (Å²) in [5.74, 6) is 3.44. The number of hydrogen-bond acceptors (Lipinski definition) is 0. The third kappa shape index (κ3) is 2.12. The molecule has 12 heavy (non-hydrogen) atoms. The van der Waals surface area contributed by atoms with Gasteiger partial charge in [0.2, 0.25) is 0 Å². The molecule has 0 nitrogen and oxygen atoms in total. The van der Waals surface area contributed by atoms with Crippen molar-refractivity contribution in [2.24, 2.45) is 23.7 Å². The van der Waals surface area contributed by atoms with Crippen LogP contribution in [0.1, 0.15) is 40.0 Å². The van der Waals surface area contributed by atoms with E-state index in [4.69, 9.17) is 0 Å². The topological polar surface area (TPSA) is 0 Å². The van der Waals surface area contributed by atoms with Gasteiger partial charge in [0.05, 0.1) is 0 Å². The van der Waals surface area contributed by atoms with Gasteiger partial charge in [-0.05, 0) is 36.5 Å². The minimum Gasteiger partial charge on any atom is -0.103 e. The number of rotatable bonds is 2. The van der Waals surface area contributed by atoms with E-state index >= 15 is 0 Å². The molecule has 0 radical (unpaired) electrons. The van der Waals surface area contributed by atoms with Crippen LogP contribution in [-0.2, 0) is 0 Å². The lowest BCUT2D eigenvalue weighted by atomic mass is 9.70. The Bertz CT molecular complexity index is 146. The smallest absolute Gasteiger partial charge is 0.0203 e. The Morgan fingerprint density at radius 1 is 1.33 bits per heavy atom. The van der Waals surface area contributed by atoms with Crippen molar-refractivity contribution in [3.8, 4) is 0 Å². The molecule has 1 rings (SSSR count). The largest absolute Gasteiger partial charge is 0.103 e. The first kappa shape index (κ1) is 9.83. The fourth-order valence-electron chi connectivity index (χ4n) is 2.55. The fourth-order valence-corrected chi connectivity index (χ4v) is 2.55. The van der Waals surface area contributed by atoms with E-state index in [9.17, 15) is 0 Å². The maximum absolute atomic E-state index is 3.95. The van der Waals surface area contributed by atoms with E-state index < -0.39 is 0 Å². The van der Waals surface area contributed by atoms with Crippen LogP contribution in [0.2, 0.25) is 0 Å². The Labute approximate surface area is 77.1 Å². The third-order valence-corrected chi connectivity index (χ3v) is 3.38. The summed E-state index contributed by atoms with van der Waals surface area (Å²) in [7, 11) is 0. The maximum atomic E-state index is 3.95. The van der Waals surface area contributed by atoms with E-state index in [0.29, 0.717) is 0 Å². The molecule has 0 spiro atoms. The van der Waals surface area contributed by atoms with Gasteiger partial charge in [-0.3, -0.25) is 0 Å². The molecule has 1 aliphatic rings. The van der Waals surface area contributed by atoms with Crippen molar-refractivity contribution in [2.45, 2.75) is 40.0 Å². The molecule has 0 heteroatoms. The molecule has 0 aromatic rings. The van der Waals surface area contributed by atoms with Gasteiger partial charge < -0.3 is 0 Å². The standard InChI is InChI=1S/C12H22/c1-5-11-8-10(4)6-7-12(11)9(2)3/h5,9-12H,1,6-8H2,2-4H3/t10?,11?,12-/m0/s1. The third-order valence-electron chi connectivity index (χ3n) is 3.38. The molecule has 0 heterocycles. The summed E-state index contributed by atoms with van der Waals surface area (Å²) in [6, 6.07) is 0. The van der Waals surface area contributed by atoms with Crippen LogP contribution in [0.25, 0.3) is 0 Å². The summed E-state index contributed by atoms with van der Waals surface area (Å²) >= 11 is 0. The summed E-state index contributed by atoms with van der Waals surface area (Å²) in [5, 5.41) is 0. The van der Waals surface area contributed by atoms with Crippen molar-refractivity contribution in [3.05, 3.63) is 12.7 Å². The summed E-state index contributed by atoms with van der Waals surface area (Å²) < 4.78 is 0. The van der Waals surface area contributed by atoms with Crippen molar-refractivity contribution < 1.29 is 0 Å². The maximum Gasteiger partial charge on any atom is -0.0203 e. The normalized spacial score (nSPS) is 36.8. The molecule has 0 bridgehead atoms. The molecule has 0 amide bonds. The predicted molar refractivity (Wildman–Crippen MR) is 55.0 cm³/mol. The van der Waals surface area contributed by atoms with E-state index in [1.165, 1.54) is 19.3 Å². The Morgan fingerprint density at radius 2 is 2.00 bits per heavy atom. The first-order chi connectivity index (χ1) is 5.65. The van der Waals surface area contributed by atoms with Crippen LogP contribution in [0.5, 0.6) is 0 Å². The van der Waals surface area contributed by atoms with Crippen LogP contribution >= 0.6 is 0 Å². The highest BCUT2D eigenvalue weighted by Crippen LogP contribution is 2.38. The summed E-state index contributed by atoms with van der Waals surface area (Å²) in [6.07, 6.45) is 6.38. The quantitative estimate of drug-likeness (QED) is 0.546. The van der Waals surface area contributed by atoms with Crippen molar-refractivity contribution in [1.82, 2.24) is 0 Å². The van der Waals surface area contributed by atoms with Gasteiger partial charge in [-0.1, -0.05) is 33.3 Å². The van der Waals surface area contributed by atoms with Gasteiger partial charge in [0.25, 0.3) is 0 Å². The van der Waals surface area contributed by atoms with Crippen molar-refractivity contribution in [1.29, 1.82) is 0 Å². The summed E-state index contributed by atoms with van der Waals surface area (Å²) in [4.78, 5) is 0. The summed E-state index contributed by atoms with van der Waals surface area (Å²) in [6.45, 7) is 11.0. The first-order valence-electron chi connectivity index (χ1n) is 5.27. The van der Waals surface area contributed by atoms with E-state index in [-0.39, 0.29) is 0 Å². The lowest BCUT2D eigenvalue weighted by molar-refractivity contribution is 0.179. The van der Waals surface area contributed by atoms with E-state index in [2.05, 4.69) is 33.4 Å². The monoisotopic (exact) mass is 166 g/mol. The first-order valence-corrected chi connectivity index (χ1v) is 5.27. The molecule has 0 aromatic carbocycles. The van der Waals surface area contributed by atoms with E-state index in [0.717, 1.165) is 23.7 Å². The zero-order chi connectivity index (χ0) is 9.14. The molecule has 1 aliphatic carbocycles. The van der Waals surface area contributed by atoms with E-state index in [1.54, 1.807) is 0 Å². The Morgan fingerprint density at radius 3 is 2.50 bits per heavy atom. The van der Waals surface area contributed by atoms with Gasteiger partial charge in [0.15, 0.2) is 0 Å². The predicted octanol–water partition coefficient (Wildman–Crippen LogP) is 3.88. The molecule has 70 valence electrons. The number of allylic oxidation sites excluding steroid dienone is 1. The van der Waals surface area contributed by atoms with Crippen molar-refractivity contribution in [2.75, 3.05) is 0 Å². The molecule has 1 fully saturated rings. The zero-order valence-corrected chi connectivity index (χ0v) is 8.72. The average molecular weight is 166 g/mol. The molecule has 0 saturated heterocycles. The van der Waals surface area contributed by atoms with Gasteiger partial charge in [-0.2, -0.15) is 0 Å². The molecule has 0 aliphatic heterocycles. The van der Waals surface area contributed by atoms with Gasteiger partial charge in [-0.25, -0.2) is 0 Å². The SMILES string of the molecule is C=CC1CC(C)CC[C@H]1C(C)C. The highest BCUT2D eigenvalue weighted by atomic mass is 14.3. The second-order valence-electron chi connectivity index (χ2n) is 4.73. The average Bonchev–Trinajstić information content (AvgIpc) is 2.03. The van der Waals surface area contributed by atoms with Gasteiger partial charge in [0, 0.05) is 0 Å². The molecule has 3 atom stereocenters. The lowest BCUT2D eigenvalue weighted by Gasteiger charge is -2.35. The second kappa shape index (κ2) is 4.11. The van der Waals surface area contributed by atoms with Gasteiger partial charge >= 0.3 is 0 Å². The molecule has 1 saturated carbocycles. The molecule has 0 aromatic heterocycles. The Kier molecular flexibility index (Phi) is 3.37. The summed E-state index contributed by atoms with van der Waals surface area (Å²) in [5.41, 5.74) is 0. The Balaban J connectivity index is 2.56. The van der Waals surface area contributed by atoms with Gasteiger partial charge in [-0.15, -0.1) is 6.58 Å². The minimum absolute atomic E-state index is 0.786. The molecular formula is C12H22. The molecule has 2 unspecified atom stereocenters. The van der Waals surface area contributed by atoms with Crippen molar-refractivity contribution in [3.63, 3.8) is 0 Å². The van der Waals surface area contributed by atoms with Crippen LogP contribution in [0, 0.1) is 23.7 Å². The lowest BCUT2D eigenvalue weighted by Crippen LogP contribution is -2.26. The van der Waals surface area contributed by atoms with Crippen LogP contribution in [0.15, 0.2) is 12.7 Å². The highest BCUT2D eigenvalue weighted by Gasteiger charge is 2.28. The molecular weight excluding hydrogens is 144 g/mol. The zero-order valence-electron chi connectivity index (χ0n) is 8.72. The van der Waals surface area contributed by atoms with E-state index in [1.807, 2.05) is 0 Å². The molecule has 0 N–H and O–H groups in total. The van der Waals surface area contributed by atoms with Crippen LogP contribution in [-0.4, -0.2) is 0 Å². The fraction of sp³-hybridized carbons (Fsp3) is 0.833. The van der Waals surface area contributed by atoms with Crippen LogP contribution in [0.3, 0.4) is 0 Å². The van der Waals surface area contributed by atoms with Crippen LogP contribution in [0.4, 0.5) is 0 Å². The Hall–Kier alpha value is -0.260. The van der Waals surface area contributed by atoms with Gasteiger partial charge in [0.1, 0.15) is 0 Å². The van der Waals surface area contributed by atoms with Crippen molar-refractivity contribution >= 4 is 0 Å².